The highest BCUT2D eigenvalue weighted by molar-refractivity contribution is 4.95. The van der Waals surface area contributed by atoms with Crippen LogP contribution in [-0.2, 0) is 6.61 Å². The van der Waals surface area contributed by atoms with Crippen molar-refractivity contribution in [1.82, 2.24) is 20.3 Å². The molecule has 0 aliphatic heterocycles. The summed E-state index contributed by atoms with van der Waals surface area (Å²) in [5.74, 6) is 0.779. The summed E-state index contributed by atoms with van der Waals surface area (Å²) in [7, 11) is 0. The van der Waals surface area contributed by atoms with E-state index in [-0.39, 0.29) is 6.61 Å². The molecule has 0 amide bonds. The van der Waals surface area contributed by atoms with Gasteiger partial charge in [0.2, 0.25) is 0 Å². The van der Waals surface area contributed by atoms with Gasteiger partial charge < -0.3 is 10.4 Å². The van der Waals surface area contributed by atoms with Gasteiger partial charge in [-0.2, -0.15) is 0 Å². The summed E-state index contributed by atoms with van der Waals surface area (Å²) in [6, 6.07) is 0.864. The number of nitrogens with zero attached hydrogens (tertiary/aromatic N) is 3. The summed E-state index contributed by atoms with van der Waals surface area (Å²) in [5.41, 5.74) is 0.664. The summed E-state index contributed by atoms with van der Waals surface area (Å²) < 4.78 is 1.96. The maximum absolute atomic E-state index is 9.15. The summed E-state index contributed by atoms with van der Waals surface area (Å²) in [4.78, 5) is 0. The molecule has 5 heteroatoms. The van der Waals surface area contributed by atoms with E-state index < -0.39 is 0 Å². The molecule has 5 nitrogen and oxygen atoms in total. The molecule has 1 heterocycles. The third kappa shape index (κ3) is 3.71. The standard InChI is InChI=1S/C16H26N4O/c21-12-14-11-20(19-18-14)16-9-5-4-8-15(16)17-10-13-6-2-1-3-7-13/h1-2,11,13,15-17,21H,3-10,12H2/t13-,15+,16-/m1/s1. The van der Waals surface area contributed by atoms with Crippen molar-refractivity contribution in [2.24, 2.45) is 5.92 Å². The van der Waals surface area contributed by atoms with E-state index in [1.54, 1.807) is 0 Å². The van der Waals surface area contributed by atoms with Crippen molar-refractivity contribution in [3.05, 3.63) is 24.0 Å². The van der Waals surface area contributed by atoms with Gasteiger partial charge in [0.15, 0.2) is 0 Å². The third-order valence-electron chi connectivity index (χ3n) is 4.84. The van der Waals surface area contributed by atoms with Crippen molar-refractivity contribution in [2.45, 2.75) is 63.6 Å². The number of rotatable bonds is 5. The molecule has 1 saturated carbocycles. The van der Waals surface area contributed by atoms with E-state index in [9.17, 15) is 0 Å². The summed E-state index contributed by atoms with van der Waals surface area (Å²) in [6.45, 7) is 1.08. The lowest BCUT2D eigenvalue weighted by Crippen LogP contribution is -2.42. The minimum Gasteiger partial charge on any atom is -0.390 e. The van der Waals surface area contributed by atoms with Gasteiger partial charge in [0.25, 0.3) is 0 Å². The Hall–Kier alpha value is -1.20. The van der Waals surface area contributed by atoms with Gasteiger partial charge in [-0.25, -0.2) is 4.68 Å². The minimum atomic E-state index is -0.0285. The van der Waals surface area contributed by atoms with Gasteiger partial charge in [-0.05, 0) is 44.6 Å². The monoisotopic (exact) mass is 290 g/mol. The fourth-order valence-electron chi connectivity index (χ4n) is 3.57. The normalized spacial score (nSPS) is 29.7. The van der Waals surface area contributed by atoms with Gasteiger partial charge in [0.1, 0.15) is 5.69 Å². The molecule has 21 heavy (non-hydrogen) atoms. The molecule has 1 fully saturated rings. The van der Waals surface area contributed by atoms with Crippen LogP contribution in [0.4, 0.5) is 0 Å². The van der Waals surface area contributed by atoms with Crippen molar-refractivity contribution in [1.29, 1.82) is 0 Å². The van der Waals surface area contributed by atoms with Crippen LogP contribution < -0.4 is 5.32 Å². The van der Waals surface area contributed by atoms with Gasteiger partial charge in [0, 0.05) is 6.04 Å². The lowest BCUT2D eigenvalue weighted by molar-refractivity contribution is 0.233. The topological polar surface area (TPSA) is 63.0 Å². The maximum Gasteiger partial charge on any atom is 0.108 e. The molecule has 0 unspecified atom stereocenters. The Balaban J connectivity index is 1.59. The first-order valence-corrected chi connectivity index (χ1v) is 8.27. The lowest BCUT2D eigenvalue weighted by Gasteiger charge is -2.33. The molecule has 3 atom stereocenters. The van der Waals surface area contributed by atoms with Gasteiger partial charge in [-0.15, -0.1) is 5.10 Å². The first-order valence-electron chi connectivity index (χ1n) is 8.27. The molecule has 0 spiro atoms. The predicted molar refractivity (Wildman–Crippen MR) is 81.7 cm³/mol. The first-order chi connectivity index (χ1) is 10.4. The fraction of sp³-hybridized carbons (Fsp3) is 0.750. The van der Waals surface area contributed by atoms with Gasteiger partial charge in [-0.1, -0.05) is 30.2 Å². The number of hydrogen-bond acceptors (Lipinski definition) is 4. The molecule has 2 aliphatic rings. The molecule has 0 aromatic carbocycles. The van der Waals surface area contributed by atoms with Crippen molar-refractivity contribution in [3.63, 3.8) is 0 Å². The van der Waals surface area contributed by atoms with Crippen LogP contribution >= 0.6 is 0 Å². The summed E-state index contributed by atoms with van der Waals surface area (Å²) in [5, 5.41) is 21.2. The number of aromatic nitrogens is 3. The summed E-state index contributed by atoms with van der Waals surface area (Å²) in [6.07, 6.45) is 15.2. The Bertz CT molecular complexity index is 471. The van der Waals surface area contributed by atoms with Crippen molar-refractivity contribution >= 4 is 0 Å². The van der Waals surface area contributed by atoms with Crippen molar-refractivity contribution < 1.29 is 5.11 Å². The Labute approximate surface area is 126 Å². The predicted octanol–water partition coefficient (Wildman–Crippen LogP) is 2.20. The number of hydrogen-bond donors (Lipinski definition) is 2. The molecule has 2 N–H and O–H groups in total. The smallest absolute Gasteiger partial charge is 0.108 e. The second-order valence-electron chi connectivity index (χ2n) is 6.37. The highest BCUT2D eigenvalue weighted by Gasteiger charge is 2.27. The van der Waals surface area contributed by atoms with E-state index in [0.29, 0.717) is 17.8 Å². The Morgan fingerprint density at radius 3 is 2.90 bits per heavy atom. The quantitative estimate of drug-likeness (QED) is 0.816. The molecular weight excluding hydrogens is 264 g/mol. The van der Waals surface area contributed by atoms with E-state index in [1.807, 2.05) is 10.9 Å². The maximum atomic E-state index is 9.15. The van der Waals surface area contributed by atoms with Crippen LogP contribution in [0.5, 0.6) is 0 Å². The van der Waals surface area contributed by atoms with E-state index in [2.05, 4.69) is 27.8 Å². The zero-order valence-corrected chi connectivity index (χ0v) is 12.6. The Morgan fingerprint density at radius 1 is 1.24 bits per heavy atom. The molecule has 0 radical (unpaired) electrons. The molecule has 1 aromatic rings. The van der Waals surface area contributed by atoms with Crippen molar-refractivity contribution in [2.75, 3.05) is 6.54 Å². The molecule has 1 aromatic heterocycles. The number of allylic oxidation sites excluding steroid dienone is 2. The van der Waals surface area contributed by atoms with Crippen LogP contribution in [0.25, 0.3) is 0 Å². The van der Waals surface area contributed by atoms with Crippen LogP contribution in [0.3, 0.4) is 0 Å². The second kappa shape index (κ2) is 7.18. The SMILES string of the molecule is OCc1cn([C@@H]2CCCC[C@@H]2NC[C@@H]2CC=CCC2)nn1. The lowest BCUT2D eigenvalue weighted by atomic mass is 9.89. The Kier molecular flexibility index (Phi) is 5.04. The molecule has 0 saturated heterocycles. The third-order valence-corrected chi connectivity index (χ3v) is 4.84. The molecule has 116 valence electrons. The van der Waals surface area contributed by atoms with Crippen LogP contribution in [0.1, 0.15) is 56.7 Å². The minimum absolute atomic E-state index is 0.0285. The van der Waals surface area contributed by atoms with Gasteiger partial charge in [-0.3, -0.25) is 0 Å². The zero-order valence-electron chi connectivity index (χ0n) is 12.6. The highest BCUT2D eigenvalue weighted by atomic mass is 16.3. The number of nitrogens with one attached hydrogen (secondary N) is 1. The molecule has 3 rings (SSSR count). The van der Waals surface area contributed by atoms with E-state index in [1.165, 1.54) is 38.5 Å². The first kappa shape index (κ1) is 14.7. The van der Waals surface area contributed by atoms with Crippen LogP contribution in [0, 0.1) is 5.92 Å². The van der Waals surface area contributed by atoms with Crippen LogP contribution in [0.15, 0.2) is 18.3 Å². The average molecular weight is 290 g/mol. The average Bonchev–Trinajstić information content (AvgIpc) is 3.03. The zero-order chi connectivity index (χ0) is 14.5. The van der Waals surface area contributed by atoms with E-state index in [0.717, 1.165) is 18.9 Å². The number of aliphatic hydroxyl groups excluding tert-OH is 1. The summed E-state index contributed by atoms with van der Waals surface area (Å²) >= 11 is 0. The fourth-order valence-corrected chi connectivity index (χ4v) is 3.57. The largest absolute Gasteiger partial charge is 0.390 e. The van der Waals surface area contributed by atoms with E-state index >= 15 is 0 Å². The molecule has 2 aliphatic carbocycles. The molecule has 0 bridgehead atoms. The molecular formula is C16H26N4O. The van der Waals surface area contributed by atoms with Gasteiger partial charge in [0.05, 0.1) is 18.8 Å². The van der Waals surface area contributed by atoms with Gasteiger partial charge >= 0.3 is 0 Å². The second-order valence-corrected chi connectivity index (χ2v) is 6.37. The number of aliphatic hydroxyl groups is 1. The Morgan fingerprint density at radius 2 is 2.14 bits per heavy atom. The van der Waals surface area contributed by atoms with Crippen LogP contribution in [-0.4, -0.2) is 32.7 Å². The van der Waals surface area contributed by atoms with E-state index in [4.69, 9.17) is 5.11 Å². The van der Waals surface area contributed by atoms with Crippen molar-refractivity contribution in [3.8, 4) is 0 Å². The van der Waals surface area contributed by atoms with Crippen LogP contribution in [0.2, 0.25) is 0 Å². The highest BCUT2D eigenvalue weighted by Crippen LogP contribution is 2.29.